The number of amides is 1. The number of nitrogens with one attached hydrogen (secondary N) is 1. The van der Waals surface area contributed by atoms with Crippen molar-refractivity contribution in [2.45, 2.75) is 45.4 Å². The fourth-order valence-corrected chi connectivity index (χ4v) is 3.18. The van der Waals surface area contributed by atoms with E-state index in [4.69, 9.17) is 9.47 Å². The van der Waals surface area contributed by atoms with Gasteiger partial charge in [0.1, 0.15) is 11.4 Å². The van der Waals surface area contributed by atoms with E-state index in [2.05, 4.69) is 32.2 Å². The summed E-state index contributed by atoms with van der Waals surface area (Å²) in [5.41, 5.74) is 0.726. The van der Waals surface area contributed by atoms with Gasteiger partial charge in [0, 0.05) is 30.1 Å². The first-order valence-corrected chi connectivity index (χ1v) is 8.60. The van der Waals surface area contributed by atoms with Gasteiger partial charge in [-0.2, -0.15) is 0 Å². The number of ether oxygens (including phenoxy) is 2. The van der Waals surface area contributed by atoms with Crippen LogP contribution in [0.25, 0.3) is 0 Å². The number of benzene rings is 1. The van der Waals surface area contributed by atoms with Gasteiger partial charge in [0.2, 0.25) is 0 Å². The number of alkyl carbamates (subject to hydrolysis) is 1. The Morgan fingerprint density at radius 2 is 2.13 bits per heavy atom. The summed E-state index contributed by atoms with van der Waals surface area (Å²) >= 11 is 3.50. The first-order chi connectivity index (χ1) is 10.7. The Hall–Kier alpha value is -1.27. The molecule has 0 saturated carbocycles. The number of carbonyl (C=O) groups is 1. The summed E-state index contributed by atoms with van der Waals surface area (Å²) in [5.74, 6) is 0.844. The number of rotatable bonds is 4. The van der Waals surface area contributed by atoms with Gasteiger partial charge in [-0.3, -0.25) is 4.90 Å². The average Bonchev–Trinajstić information content (AvgIpc) is 2.82. The highest BCUT2D eigenvalue weighted by Crippen LogP contribution is 2.23. The van der Waals surface area contributed by atoms with Crippen molar-refractivity contribution >= 4 is 22.0 Å². The summed E-state index contributed by atoms with van der Waals surface area (Å²) < 4.78 is 11.6. The fraction of sp³-hybridized carbons (Fsp3) is 0.588. The number of nitrogens with zero attached hydrogens (tertiary/aromatic N) is 1. The summed E-state index contributed by atoms with van der Waals surface area (Å²) in [4.78, 5) is 14.2. The molecular weight excluding hydrogens is 360 g/mol. The van der Waals surface area contributed by atoms with Crippen molar-refractivity contribution in [1.29, 1.82) is 0 Å². The van der Waals surface area contributed by atoms with Gasteiger partial charge >= 0.3 is 6.09 Å². The molecule has 1 aromatic rings. The zero-order valence-electron chi connectivity index (χ0n) is 14.2. The second kappa shape index (κ2) is 7.53. The minimum Gasteiger partial charge on any atom is -0.497 e. The summed E-state index contributed by atoms with van der Waals surface area (Å²) in [6.07, 6.45) is 0.596. The van der Waals surface area contributed by atoms with E-state index >= 15 is 0 Å². The van der Waals surface area contributed by atoms with E-state index in [1.54, 1.807) is 7.11 Å². The monoisotopic (exact) mass is 384 g/mol. The first kappa shape index (κ1) is 18.1. The van der Waals surface area contributed by atoms with E-state index in [-0.39, 0.29) is 12.1 Å². The van der Waals surface area contributed by atoms with E-state index in [9.17, 15) is 4.79 Å². The van der Waals surface area contributed by atoms with E-state index in [0.717, 1.165) is 36.3 Å². The lowest BCUT2D eigenvalue weighted by Crippen LogP contribution is -2.40. The second-order valence-electron chi connectivity index (χ2n) is 6.87. The summed E-state index contributed by atoms with van der Waals surface area (Å²) in [6.45, 7) is 8.22. The third kappa shape index (κ3) is 6.03. The molecule has 1 amide bonds. The molecule has 0 aromatic heterocycles. The Labute approximate surface area is 146 Å². The normalized spacial score (nSPS) is 18.7. The molecule has 6 heteroatoms. The molecule has 1 aliphatic heterocycles. The van der Waals surface area contributed by atoms with Crippen LogP contribution in [-0.4, -0.2) is 42.8 Å². The summed E-state index contributed by atoms with van der Waals surface area (Å²) in [7, 11) is 1.67. The molecule has 2 rings (SSSR count). The maximum atomic E-state index is 11.8. The lowest BCUT2D eigenvalue weighted by Gasteiger charge is -2.22. The molecule has 1 atom stereocenters. The van der Waals surface area contributed by atoms with Gasteiger partial charge in [0.25, 0.3) is 0 Å². The Balaban J connectivity index is 1.86. The zero-order valence-corrected chi connectivity index (χ0v) is 15.8. The molecule has 1 heterocycles. The van der Waals surface area contributed by atoms with Gasteiger partial charge in [-0.15, -0.1) is 0 Å². The number of methoxy groups -OCH3 is 1. The van der Waals surface area contributed by atoms with Crippen molar-refractivity contribution in [3.8, 4) is 5.75 Å². The van der Waals surface area contributed by atoms with E-state index in [1.807, 2.05) is 32.9 Å². The largest absolute Gasteiger partial charge is 0.497 e. The molecule has 23 heavy (non-hydrogen) atoms. The highest BCUT2D eigenvalue weighted by molar-refractivity contribution is 9.10. The Bertz CT molecular complexity index is 557. The van der Waals surface area contributed by atoms with Gasteiger partial charge in [0.05, 0.1) is 7.11 Å². The van der Waals surface area contributed by atoms with Crippen LogP contribution in [0.1, 0.15) is 32.8 Å². The molecule has 1 saturated heterocycles. The minimum absolute atomic E-state index is 0.138. The van der Waals surface area contributed by atoms with Crippen LogP contribution < -0.4 is 10.1 Å². The molecule has 0 aliphatic carbocycles. The van der Waals surface area contributed by atoms with Crippen molar-refractivity contribution < 1.29 is 14.3 Å². The maximum absolute atomic E-state index is 11.8. The predicted octanol–water partition coefficient (Wildman–Crippen LogP) is 3.56. The fourth-order valence-electron chi connectivity index (χ4n) is 2.66. The number of carbonyl (C=O) groups excluding carboxylic acids is 1. The highest BCUT2D eigenvalue weighted by atomic mass is 79.9. The smallest absolute Gasteiger partial charge is 0.407 e. The third-order valence-corrected chi connectivity index (χ3v) is 4.02. The van der Waals surface area contributed by atoms with Crippen LogP contribution in [0.5, 0.6) is 5.75 Å². The molecule has 1 aliphatic rings. The van der Waals surface area contributed by atoms with E-state index < -0.39 is 5.60 Å². The van der Waals surface area contributed by atoms with Crippen molar-refractivity contribution in [3.63, 3.8) is 0 Å². The van der Waals surface area contributed by atoms with Crippen LogP contribution in [0.4, 0.5) is 4.79 Å². The van der Waals surface area contributed by atoms with Gasteiger partial charge < -0.3 is 14.8 Å². The highest BCUT2D eigenvalue weighted by Gasteiger charge is 2.26. The van der Waals surface area contributed by atoms with Crippen LogP contribution in [0, 0.1) is 0 Å². The number of hydrogen-bond donors (Lipinski definition) is 1. The molecular formula is C17H25BrN2O3. The van der Waals surface area contributed by atoms with Crippen molar-refractivity contribution in [1.82, 2.24) is 10.2 Å². The minimum atomic E-state index is -0.463. The molecule has 1 N–H and O–H groups in total. The standard InChI is InChI=1S/C17H25BrN2O3/c1-17(2,3)23-16(21)19-14-5-6-20(11-14)10-12-7-13(18)9-15(8-12)22-4/h7-9,14H,5-6,10-11H2,1-4H3,(H,19,21). The topological polar surface area (TPSA) is 50.8 Å². The second-order valence-corrected chi connectivity index (χ2v) is 7.78. The SMILES string of the molecule is COc1cc(Br)cc(CN2CCC(NC(=O)OC(C)(C)C)C2)c1. The van der Waals surface area contributed by atoms with Crippen molar-refractivity contribution in [3.05, 3.63) is 28.2 Å². The van der Waals surface area contributed by atoms with E-state index in [0.29, 0.717) is 0 Å². The molecule has 0 bridgehead atoms. The van der Waals surface area contributed by atoms with Crippen LogP contribution in [-0.2, 0) is 11.3 Å². The molecule has 1 unspecified atom stereocenters. The Morgan fingerprint density at radius 1 is 1.39 bits per heavy atom. The number of likely N-dealkylation sites (tertiary alicyclic amines) is 1. The van der Waals surface area contributed by atoms with Crippen LogP contribution in [0.15, 0.2) is 22.7 Å². The molecule has 128 valence electrons. The van der Waals surface area contributed by atoms with Crippen molar-refractivity contribution in [2.24, 2.45) is 0 Å². The van der Waals surface area contributed by atoms with Crippen molar-refractivity contribution in [2.75, 3.05) is 20.2 Å². The molecule has 0 radical (unpaired) electrons. The first-order valence-electron chi connectivity index (χ1n) is 7.80. The predicted molar refractivity (Wildman–Crippen MR) is 93.7 cm³/mol. The molecule has 0 spiro atoms. The lowest BCUT2D eigenvalue weighted by atomic mass is 10.2. The quantitative estimate of drug-likeness (QED) is 0.861. The van der Waals surface area contributed by atoms with Gasteiger partial charge in [-0.1, -0.05) is 15.9 Å². The number of halogens is 1. The van der Waals surface area contributed by atoms with Gasteiger partial charge in [-0.25, -0.2) is 4.79 Å². The molecule has 1 aromatic carbocycles. The number of hydrogen-bond acceptors (Lipinski definition) is 4. The average molecular weight is 385 g/mol. The summed E-state index contributed by atoms with van der Waals surface area (Å²) in [5, 5.41) is 2.95. The van der Waals surface area contributed by atoms with Crippen LogP contribution in [0.3, 0.4) is 0 Å². The third-order valence-electron chi connectivity index (χ3n) is 3.57. The van der Waals surface area contributed by atoms with E-state index in [1.165, 1.54) is 5.56 Å². The van der Waals surface area contributed by atoms with Crippen LogP contribution in [0.2, 0.25) is 0 Å². The summed E-state index contributed by atoms with van der Waals surface area (Å²) in [6, 6.07) is 6.22. The lowest BCUT2D eigenvalue weighted by molar-refractivity contribution is 0.0506. The van der Waals surface area contributed by atoms with Gasteiger partial charge in [0.15, 0.2) is 0 Å². The molecule has 1 fully saturated rings. The Morgan fingerprint density at radius 3 is 2.78 bits per heavy atom. The zero-order chi connectivity index (χ0) is 17.0. The molecule has 5 nitrogen and oxygen atoms in total. The van der Waals surface area contributed by atoms with Crippen LogP contribution >= 0.6 is 15.9 Å². The van der Waals surface area contributed by atoms with Gasteiger partial charge in [-0.05, 0) is 51.0 Å². The maximum Gasteiger partial charge on any atom is 0.407 e. The Kier molecular flexibility index (Phi) is 5.92.